The summed E-state index contributed by atoms with van der Waals surface area (Å²) in [5.74, 6) is -2.79. The van der Waals surface area contributed by atoms with Crippen molar-refractivity contribution < 1.29 is 23.4 Å². The minimum atomic E-state index is -1.60. The summed E-state index contributed by atoms with van der Waals surface area (Å²) >= 11 is 12.2. The molecule has 7 N–H and O–H groups in total. The molecule has 1 heterocycles. The molecule has 0 saturated carbocycles. The van der Waals surface area contributed by atoms with E-state index in [2.05, 4.69) is 10.6 Å². The highest BCUT2D eigenvalue weighted by Crippen LogP contribution is 2.50. The van der Waals surface area contributed by atoms with Crippen LogP contribution in [0, 0.1) is 17.0 Å². The summed E-state index contributed by atoms with van der Waals surface area (Å²) in [7, 11) is 1.41. The number of ether oxygens (including phenoxy) is 1. The highest BCUT2D eigenvalue weighted by atomic mass is 35.5. The summed E-state index contributed by atoms with van der Waals surface area (Å²) in [6, 6.07) is 11.4. The van der Waals surface area contributed by atoms with Gasteiger partial charge in [-0.3, -0.25) is 4.79 Å². The van der Waals surface area contributed by atoms with Crippen molar-refractivity contribution in [3.8, 4) is 5.75 Å². The van der Waals surface area contributed by atoms with E-state index in [1.165, 1.54) is 43.5 Å². The average molecular weight is 608 g/mol. The maximum atomic E-state index is 15.7. The fraction of sp³-hybridized carbons (Fsp3) is 0.367. The predicted molar refractivity (Wildman–Crippen MR) is 157 cm³/mol. The maximum Gasteiger partial charge on any atom is 0.242 e. The molecule has 1 aliphatic heterocycles. The van der Waals surface area contributed by atoms with Crippen LogP contribution < -0.4 is 26.8 Å². The number of carbonyl (C=O) groups is 1. The molecule has 3 aromatic rings. The number of carbonyl (C=O) groups excluding carboxylic acids is 1. The second-order valence-electron chi connectivity index (χ2n) is 11.5. The minimum Gasteiger partial charge on any atom is -0.496 e. The molecule has 220 valence electrons. The zero-order chi connectivity index (χ0) is 30.3. The van der Waals surface area contributed by atoms with Crippen LogP contribution in [0.4, 0.5) is 14.5 Å². The van der Waals surface area contributed by atoms with Gasteiger partial charge in [0, 0.05) is 39.9 Å². The monoisotopic (exact) mass is 606 g/mol. The van der Waals surface area contributed by atoms with Gasteiger partial charge in [-0.05, 0) is 47.7 Å². The molecule has 7 nitrogen and oxygen atoms in total. The molecular formula is C30H34Cl2F2N4O3. The number of nitrogens with one attached hydrogen (secondary N) is 2. The molecule has 0 bridgehead atoms. The number of rotatable bonds is 7. The first-order valence-electron chi connectivity index (χ1n) is 13.0. The Morgan fingerprint density at radius 2 is 1.88 bits per heavy atom. The van der Waals surface area contributed by atoms with Crippen molar-refractivity contribution in [1.82, 2.24) is 5.32 Å². The fourth-order valence-electron chi connectivity index (χ4n) is 5.66. The highest BCUT2D eigenvalue weighted by Gasteiger charge is 2.58. The standard InChI is InChI=1S/C30H34Cl2F2N4O3/c1-29(2,3)14-23-30(36,19-11-8-15(31)12-21(19)33)24(18-6-5-7-20(32)25(18)34)26(38-23)28(40)37-16-9-10-17(27(35)39)22(13-16)41-4/h5-13,23-24,26-27,38-39H,14,35-36H2,1-4H3,(H,37,40)/t23-,24-,26+,27?,30+/m0/s1. The molecule has 11 heteroatoms. The number of halogens is 4. The Balaban J connectivity index is 1.88. The third-order valence-corrected chi connectivity index (χ3v) is 7.97. The summed E-state index contributed by atoms with van der Waals surface area (Å²) in [5.41, 5.74) is 11.7. The zero-order valence-electron chi connectivity index (χ0n) is 23.1. The summed E-state index contributed by atoms with van der Waals surface area (Å²) < 4.78 is 36.7. The lowest BCUT2D eigenvalue weighted by atomic mass is 9.68. The Morgan fingerprint density at radius 1 is 1.17 bits per heavy atom. The lowest BCUT2D eigenvalue weighted by Crippen LogP contribution is -2.52. The quantitative estimate of drug-likeness (QED) is 0.224. The third kappa shape index (κ3) is 6.21. The first kappa shape index (κ1) is 31.2. The summed E-state index contributed by atoms with van der Waals surface area (Å²) in [6.07, 6.45) is -0.864. The maximum absolute atomic E-state index is 15.7. The minimum absolute atomic E-state index is 0.0672. The van der Waals surface area contributed by atoms with Gasteiger partial charge in [-0.2, -0.15) is 0 Å². The van der Waals surface area contributed by atoms with Gasteiger partial charge in [0.05, 0.1) is 23.7 Å². The van der Waals surface area contributed by atoms with Crippen LogP contribution in [0.25, 0.3) is 0 Å². The first-order chi connectivity index (χ1) is 19.2. The molecule has 41 heavy (non-hydrogen) atoms. The van der Waals surface area contributed by atoms with Gasteiger partial charge in [0.15, 0.2) is 0 Å². The van der Waals surface area contributed by atoms with Gasteiger partial charge in [-0.1, -0.05) is 62.2 Å². The lowest BCUT2D eigenvalue weighted by molar-refractivity contribution is -0.118. The molecule has 1 saturated heterocycles. The molecule has 0 spiro atoms. The SMILES string of the molecule is COc1cc(NC(=O)[C@@H]2N[C@@H](CC(C)(C)C)[C@](N)(c3ccc(Cl)cc3F)[C@H]2c2cccc(Cl)c2F)ccc1C(N)O. The fourth-order valence-corrected chi connectivity index (χ4v) is 6.00. The topological polar surface area (TPSA) is 123 Å². The first-order valence-corrected chi connectivity index (χ1v) is 13.8. The van der Waals surface area contributed by atoms with E-state index < -0.39 is 47.3 Å². The molecule has 1 fully saturated rings. The predicted octanol–water partition coefficient (Wildman–Crippen LogP) is 5.58. The Labute approximate surface area is 248 Å². The Kier molecular flexibility index (Phi) is 8.99. The second-order valence-corrected chi connectivity index (χ2v) is 12.4. The Hall–Kier alpha value is -2.79. The van der Waals surface area contributed by atoms with Crippen LogP contribution >= 0.6 is 23.2 Å². The van der Waals surface area contributed by atoms with Gasteiger partial charge < -0.3 is 31.9 Å². The van der Waals surface area contributed by atoms with Crippen molar-refractivity contribution in [1.29, 1.82) is 0 Å². The summed E-state index contributed by atoms with van der Waals surface area (Å²) in [6.45, 7) is 5.99. The molecule has 0 aromatic heterocycles. The number of aliphatic hydroxyl groups is 1. The lowest BCUT2D eigenvalue weighted by Gasteiger charge is -2.40. The number of nitrogens with two attached hydrogens (primary N) is 2. The van der Waals surface area contributed by atoms with Crippen molar-refractivity contribution in [3.63, 3.8) is 0 Å². The molecule has 1 amide bonds. The number of hydrogen-bond donors (Lipinski definition) is 5. The smallest absolute Gasteiger partial charge is 0.242 e. The van der Waals surface area contributed by atoms with Gasteiger partial charge in [0.25, 0.3) is 0 Å². The Bertz CT molecular complexity index is 1450. The Morgan fingerprint density at radius 3 is 2.49 bits per heavy atom. The highest BCUT2D eigenvalue weighted by molar-refractivity contribution is 6.31. The molecule has 3 aromatic carbocycles. The van der Waals surface area contributed by atoms with E-state index in [9.17, 15) is 9.90 Å². The average Bonchev–Trinajstić information content (AvgIpc) is 3.16. The van der Waals surface area contributed by atoms with Crippen LogP contribution in [-0.2, 0) is 10.3 Å². The number of benzene rings is 3. The van der Waals surface area contributed by atoms with E-state index in [1.807, 2.05) is 20.8 Å². The number of amides is 1. The number of hydrogen-bond acceptors (Lipinski definition) is 6. The van der Waals surface area contributed by atoms with Crippen LogP contribution in [0.3, 0.4) is 0 Å². The van der Waals surface area contributed by atoms with E-state index in [0.29, 0.717) is 17.7 Å². The molecule has 1 unspecified atom stereocenters. The van der Waals surface area contributed by atoms with E-state index in [1.54, 1.807) is 12.1 Å². The molecule has 5 atom stereocenters. The largest absolute Gasteiger partial charge is 0.496 e. The van der Waals surface area contributed by atoms with E-state index >= 15 is 8.78 Å². The summed E-state index contributed by atoms with van der Waals surface area (Å²) in [4.78, 5) is 14.0. The van der Waals surface area contributed by atoms with Crippen LogP contribution in [0.15, 0.2) is 54.6 Å². The van der Waals surface area contributed by atoms with Crippen molar-refractivity contribution in [2.45, 2.75) is 57.0 Å². The van der Waals surface area contributed by atoms with Crippen LogP contribution in [0.5, 0.6) is 5.75 Å². The molecule has 0 aliphatic carbocycles. The van der Waals surface area contributed by atoms with Gasteiger partial charge >= 0.3 is 0 Å². The van der Waals surface area contributed by atoms with Crippen molar-refractivity contribution >= 4 is 34.8 Å². The number of anilines is 1. The van der Waals surface area contributed by atoms with Gasteiger partial charge in [0.1, 0.15) is 23.6 Å². The van der Waals surface area contributed by atoms with E-state index in [4.69, 9.17) is 39.4 Å². The molecule has 4 rings (SSSR count). The van der Waals surface area contributed by atoms with Crippen LogP contribution in [0.2, 0.25) is 10.0 Å². The van der Waals surface area contributed by atoms with Crippen molar-refractivity contribution in [2.75, 3.05) is 12.4 Å². The van der Waals surface area contributed by atoms with Crippen molar-refractivity contribution in [3.05, 3.63) is 93.0 Å². The number of aliphatic hydroxyl groups excluding tert-OH is 1. The van der Waals surface area contributed by atoms with E-state index in [0.717, 1.165) is 6.07 Å². The van der Waals surface area contributed by atoms with Crippen LogP contribution in [0.1, 0.15) is 56.0 Å². The number of methoxy groups -OCH3 is 1. The second kappa shape index (κ2) is 11.8. The van der Waals surface area contributed by atoms with Gasteiger partial charge in [-0.25, -0.2) is 8.78 Å². The van der Waals surface area contributed by atoms with E-state index in [-0.39, 0.29) is 32.3 Å². The zero-order valence-corrected chi connectivity index (χ0v) is 24.7. The molecule has 0 radical (unpaired) electrons. The van der Waals surface area contributed by atoms with Gasteiger partial charge in [-0.15, -0.1) is 0 Å². The van der Waals surface area contributed by atoms with Crippen LogP contribution in [-0.4, -0.2) is 30.2 Å². The molecule has 1 aliphatic rings. The molecular weight excluding hydrogens is 573 g/mol. The normalized spacial score (nSPS) is 23.3. The van der Waals surface area contributed by atoms with Gasteiger partial charge in [0.2, 0.25) is 5.91 Å². The van der Waals surface area contributed by atoms with Crippen molar-refractivity contribution in [2.24, 2.45) is 16.9 Å². The third-order valence-electron chi connectivity index (χ3n) is 7.44. The summed E-state index contributed by atoms with van der Waals surface area (Å²) in [5, 5.41) is 16.0.